The molecule has 0 bridgehead atoms. The van der Waals surface area contributed by atoms with E-state index in [0.29, 0.717) is 18.0 Å². The number of amides is 1. The summed E-state index contributed by atoms with van der Waals surface area (Å²) in [6.45, 7) is 2.47. The van der Waals surface area contributed by atoms with Gasteiger partial charge in [-0.15, -0.1) is 0 Å². The Morgan fingerprint density at radius 1 is 1.40 bits per heavy atom. The summed E-state index contributed by atoms with van der Waals surface area (Å²) in [6.07, 6.45) is 5.23. The Morgan fingerprint density at radius 3 is 2.85 bits per heavy atom. The zero-order chi connectivity index (χ0) is 14.3. The Bertz CT molecular complexity index is 531. The minimum atomic E-state index is -0.403. The molecule has 20 heavy (non-hydrogen) atoms. The molecule has 2 atom stereocenters. The van der Waals surface area contributed by atoms with E-state index in [-0.39, 0.29) is 11.9 Å². The van der Waals surface area contributed by atoms with Crippen molar-refractivity contribution >= 4 is 21.8 Å². The molecule has 1 saturated heterocycles. The number of aliphatic hydroxyl groups is 1. The highest BCUT2D eigenvalue weighted by Gasteiger charge is 2.34. The molecule has 1 amide bonds. The molecule has 1 aromatic heterocycles. The largest absolute Gasteiger partial charge is 0.391 e. The van der Waals surface area contributed by atoms with Gasteiger partial charge in [-0.05, 0) is 54.6 Å². The van der Waals surface area contributed by atoms with Gasteiger partial charge >= 0.3 is 0 Å². The fraction of sp³-hybridized carbons (Fsp3) is 0.600. The summed E-state index contributed by atoms with van der Waals surface area (Å²) in [5, 5.41) is 9.82. The third kappa shape index (κ3) is 2.74. The van der Waals surface area contributed by atoms with E-state index in [4.69, 9.17) is 0 Å². The second kappa shape index (κ2) is 5.45. The SMILES string of the molecule is C[C@@H]1CC[C@@H](O)CN1C(=O)c1cc(Br)cnc1C1CC1. The maximum atomic E-state index is 12.8. The Morgan fingerprint density at radius 2 is 2.15 bits per heavy atom. The molecule has 4 nitrogen and oxygen atoms in total. The third-order valence-electron chi connectivity index (χ3n) is 4.20. The molecule has 2 heterocycles. The molecule has 1 aliphatic heterocycles. The molecule has 0 aromatic carbocycles. The predicted octanol–water partition coefficient (Wildman–Crippen LogP) is 2.71. The zero-order valence-electron chi connectivity index (χ0n) is 11.6. The molecular formula is C15H19BrN2O2. The number of aromatic nitrogens is 1. The Hall–Kier alpha value is -0.940. The standard InChI is InChI=1S/C15H19BrN2O2/c1-9-2-5-12(19)8-18(9)15(20)13-6-11(16)7-17-14(13)10-3-4-10/h6-7,9-10,12,19H,2-5,8H2,1H3/t9-,12-/m1/s1. The minimum Gasteiger partial charge on any atom is -0.391 e. The van der Waals surface area contributed by atoms with Crippen molar-refractivity contribution in [3.05, 3.63) is 28.0 Å². The van der Waals surface area contributed by atoms with E-state index >= 15 is 0 Å². The smallest absolute Gasteiger partial charge is 0.256 e. The molecule has 0 unspecified atom stereocenters. The number of β-amino-alcohol motifs (C(OH)–C–C–N with tert-alkyl or cyclic N) is 1. The molecule has 5 heteroatoms. The molecule has 1 aromatic rings. The van der Waals surface area contributed by atoms with E-state index in [1.165, 1.54) is 0 Å². The summed E-state index contributed by atoms with van der Waals surface area (Å²) >= 11 is 3.40. The van der Waals surface area contributed by atoms with Crippen LogP contribution >= 0.6 is 15.9 Å². The van der Waals surface area contributed by atoms with Crippen LogP contribution in [-0.2, 0) is 0 Å². The lowest BCUT2D eigenvalue weighted by atomic mass is 9.99. The Kier molecular flexibility index (Phi) is 3.82. The number of carbonyl (C=O) groups excluding carboxylic acids is 1. The van der Waals surface area contributed by atoms with Crippen molar-refractivity contribution in [2.45, 2.75) is 50.7 Å². The van der Waals surface area contributed by atoms with Crippen LogP contribution in [0.4, 0.5) is 0 Å². The van der Waals surface area contributed by atoms with Crippen molar-refractivity contribution in [3.63, 3.8) is 0 Å². The van der Waals surface area contributed by atoms with Gasteiger partial charge in [0.25, 0.3) is 5.91 Å². The quantitative estimate of drug-likeness (QED) is 0.901. The molecule has 1 N–H and O–H groups in total. The van der Waals surface area contributed by atoms with Gasteiger partial charge in [0.15, 0.2) is 0 Å². The van der Waals surface area contributed by atoms with Gasteiger partial charge in [0.2, 0.25) is 0 Å². The van der Waals surface area contributed by atoms with E-state index < -0.39 is 6.10 Å². The molecule has 2 fully saturated rings. The van der Waals surface area contributed by atoms with Gasteiger partial charge in [0, 0.05) is 29.2 Å². The van der Waals surface area contributed by atoms with Crippen LogP contribution in [0.5, 0.6) is 0 Å². The van der Waals surface area contributed by atoms with E-state index in [1.54, 1.807) is 11.1 Å². The molecule has 3 rings (SSSR count). The molecule has 1 aliphatic carbocycles. The summed E-state index contributed by atoms with van der Waals surface area (Å²) in [7, 11) is 0. The highest BCUT2D eigenvalue weighted by molar-refractivity contribution is 9.10. The number of hydrogen-bond donors (Lipinski definition) is 1. The number of aliphatic hydroxyl groups excluding tert-OH is 1. The fourth-order valence-corrected chi connectivity index (χ4v) is 3.16. The average Bonchev–Trinajstić information content (AvgIpc) is 3.25. The first-order valence-electron chi connectivity index (χ1n) is 7.20. The molecule has 2 aliphatic rings. The van der Waals surface area contributed by atoms with Crippen molar-refractivity contribution < 1.29 is 9.90 Å². The number of rotatable bonds is 2. The van der Waals surface area contributed by atoms with Crippen LogP contribution in [-0.4, -0.2) is 39.6 Å². The fourth-order valence-electron chi connectivity index (χ4n) is 2.83. The highest BCUT2D eigenvalue weighted by Crippen LogP contribution is 2.41. The van der Waals surface area contributed by atoms with Gasteiger partial charge in [0.1, 0.15) is 0 Å². The monoisotopic (exact) mass is 338 g/mol. The van der Waals surface area contributed by atoms with Crippen LogP contribution < -0.4 is 0 Å². The summed E-state index contributed by atoms with van der Waals surface area (Å²) in [5.41, 5.74) is 1.62. The van der Waals surface area contributed by atoms with Gasteiger partial charge in [-0.1, -0.05) is 0 Å². The number of piperidine rings is 1. The Balaban J connectivity index is 1.91. The van der Waals surface area contributed by atoms with Crippen LogP contribution in [0, 0.1) is 0 Å². The van der Waals surface area contributed by atoms with E-state index in [1.807, 2.05) is 13.0 Å². The maximum Gasteiger partial charge on any atom is 0.256 e. The van der Waals surface area contributed by atoms with Gasteiger partial charge < -0.3 is 10.0 Å². The maximum absolute atomic E-state index is 12.8. The average molecular weight is 339 g/mol. The highest BCUT2D eigenvalue weighted by atomic mass is 79.9. The number of likely N-dealkylation sites (tertiary alicyclic amines) is 1. The lowest BCUT2D eigenvalue weighted by Crippen LogP contribution is -2.47. The van der Waals surface area contributed by atoms with E-state index in [0.717, 1.165) is 35.8 Å². The number of carbonyl (C=O) groups is 1. The molecule has 1 saturated carbocycles. The summed E-state index contributed by atoms with van der Waals surface area (Å²) in [5.74, 6) is 0.444. The molecule has 0 spiro atoms. The zero-order valence-corrected chi connectivity index (χ0v) is 13.1. The van der Waals surface area contributed by atoms with Crippen molar-refractivity contribution in [1.82, 2.24) is 9.88 Å². The van der Waals surface area contributed by atoms with Gasteiger partial charge in [0.05, 0.1) is 17.4 Å². The summed E-state index contributed by atoms with van der Waals surface area (Å²) in [6, 6.07) is 2.05. The first-order chi connectivity index (χ1) is 9.56. The lowest BCUT2D eigenvalue weighted by Gasteiger charge is -2.36. The van der Waals surface area contributed by atoms with Gasteiger partial charge in [-0.3, -0.25) is 9.78 Å². The number of hydrogen-bond acceptors (Lipinski definition) is 3. The number of pyridine rings is 1. The minimum absolute atomic E-state index is 0.00644. The summed E-state index contributed by atoms with van der Waals surface area (Å²) < 4.78 is 0.829. The molecular weight excluding hydrogens is 320 g/mol. The normalized spacial score (nSPS) is 26.6. The lowest BCUT2D eigenvalue weighted by molar-refractivity contribution is 0.0308. The van der Waals surface area contributed by atoms with E-state index in [9.17, 15) is 9.90 Å². The van der Waals surface area contributed by atoms with Crippen molar-refractivity contribution in [2.75, 3.05) is 6.54 Å². The predicted molar refractivity (Wildman–Crippen MR) is 79.7 cm³/mol. The van der Waals surface area contributed by atoms with E-state index in [2.05, 4.69) is 20.9 Å². The first-order valence-corrected chi connectivity index (χ1v) is 8.00. The second-order valence-corrected chi connectivity index (χ2v) is 6.81. The van der Waals surface area contributed by atoms with Crippen LogP contribution in [0.2, 0.25) is 0 Å². The number of halogens is 1. The summed E-state index contributed by atoms with van der Waals surface area (Å²) in [4.78, 5) is 19.1. The number of nitrogens with zero attached hydrogens (tertiary/aromatic N) is 2. The third-order valence-corrected chi connectivity index (χ3v) is 4.63. The van der Waals surface area contributed by atoms with Gasteiger partial charge in [-0.2, -0.15) is 0 Å². The van der Waals surface area contributed by atoms with Crippen LogP contribution in [0.25, 0.3) is 0 Å². The van der Waals surface area contributed by atoms with Crippen LogP contribution in [0.1, 0.15) is 54.6 Å². The van der Waals surface area contributed by atoms with Crippen molar-refractivity contribution in [3.8, 4) is 0 Å². The van der Waals surface area contributed by atoms with Gasteiger partial charge in [-0.25, -0.2) is 0 Å². The van der Waals surface area contributed by atoms with Crippen LogP contribution in [0.3, 0.4) is 0 Å². The molecule has 108 valence electrons. The second-order valence-electron chi connectivity index (χ2n) is 5.90. The van der Waals surface area contributed by atoms with Crippen molar-refractivity contribution in [1.29, 1.82) is 0 Å². The Labute approximate surface area is 127 Å². The molecule has 0 radical (unpaired) electrons. The van der Waals surface area contributed by atoms with Crippen LogP contribution in [0.15, 0.2) is 16.7 Å². The topological polar surface area (TPSA) is 53.4 Å². The first kappa shape index (κ1) is 14.0. The van der Waals surface area contributed by atoms with Crippen molar-refractivity contribution in [2.24, 2.45) is 0 Å².